The molecule has 0 aliphatic heterocycles. The molecule has 1 atom stereocenters. The molecule has 1 aliphatic rings. The molecule has 0 amide bonds. The molecule has 0 radical (unpaired) electrons. The lowest BCUT2D eigenvalue weighted by atomic mass is 9.84. The van der Waals surface area contributed by atoms with E-state index in [9.17, 15) is 0 Å². The molecule has 0 saturated heterocycles. The third-order valence-electron chi connectivity index (χ3n) is 4.43. The van der Waals surface area contributed by atoms with Crippen molar-refractivity contribution in [3.05, 3.63) is 35.4 Å². The largest absolute Gasteiger partial charge is 0.324 e. The summed E-state index contributed by atoms with van der Waals surface area (Å²) in [7, 11) is 0. The molecule has 1 nitrogen and oxygen atoms in total. The van der Waals surface area contributed by atoms with Crippen LogP contribution in [-0.4, -0.2) is 0 Å². The van der Waals surface area contributed by atoms with Crippen molar-refractivity contribution in [2.75, 3.05) is 0 Å². The van der Waals surface area contributed by atoms with Crippen LogP contribution >= 0.6 is 0 Å². The molecule has 0 bridgehead atoms. The summed E-state index contributed by atoms with van der Waals surface area (Å²) in [6.45, 7) is 2.19. The average molecular weight is 245 g/mol. The van der Waals surface area contributed by atoms with E-state index in [0.29, 0.717) is 0 Å². The van der Waals surface area contributed by atoms with Gasteiger partial charge < -0.3 is 5.73 Å². The Morgan fingerprint density at radius 1 is 1.11 bits per heavy atom. The minimum absolute atomic E-state index is 0.234. The van der Waals surface area contributed by atoms with Crippen LogP contribution in [0.1, 0.15) is 69.0 Å². The van der Waals surface area contributed by atoms with Crippen molar-refractivity contribution < 1.29 is 0 Å². The van der Waals surface area contributed by atoms with Crippen molar-refractivity contribution >= 4 is 0 Å². The lowest BCUT2D eigenvalue weighted by molar-refractivity contribution is 0.324. The molecule has 1 aliphatic carbocycles. The number of aryl methyl sites for hydroxylation is 1. The Kier molecular flexibility index (Phi) is 5.25. The average Bonchev–Trinajstić information content (AvgIpc) is 2.46. The first-order valence-electron chi connectivity index (χ1n) is 7.64. The van der Waals surface area contributed by atoms with Gasteiger partial charge in [0.1, 0.15) is 0 Å². The lowest BCUT2D eigenvalue weighted by Crippen LogP contribution is -2.14. The van der Waals surface area contributed by atoms with Gasteiger partial charge in [0.05, 0.1) is 0 Å². The first kappa shape index (κ1) is 13.6. The highest BCUT2D eigenvalue weighted by Crippen LogP contribution is 2.29. The highest BCUT2D eigenvalue weighted by molar-refractivity contribution is 5.24. The first-order valence-corrected chi connectivity index (χ1v) is 7.64. The number of rotatable bonds is 5. The van der Waals surface area contributed by atoms with E-state index in [-0.39, 0.29) is 6.04 Å². The second kappa shape index (κ2) is 6.94. The van der Waals surface area contributed by atoms with Crippen molar-refractivity contribution in [2.24, 2.45) is 11.7 Å². The molecule has 1 saturated carbocycles. The molecule has 1 unspecified atom stereocenters. The second-order valence-electron chi connectivity index (χ2n) is 5.78. The van der Waals surface area contributed by atoms with Gasteiger partial charge in [-0.1, -0.05) is 63.3 Å². The van der Waals surface area contributed by atoms with Crippen molar-refractivity contribution in [3.8, 4) is 0 Å². The minimum atomic E-state index is 0.234. The number of benzene rings is 1. The van der Waals surface area contributed by atoms with Crippen LogP contribution in [0.25, 0.3) is 0 Å². The molecule has 100 valence electrons. The van der Waals surface area contributed by atoms with Gasteiger partial charge in [-0.15, -0.1) is 0 Å². The summed E-state index contributed by atoms with van der Waals surface area (Å²) >= 11 is 0. The van der Waals surface area contributed by atoms with Gasteiger partial charge in [-0.25, -0.2) is 0 Å². The number of hydrogen-bond acceptors (Lipinski definition) is 1. The SMILES string of the molecule is CCc1ccc(C(N)CCC2CCCCC2)cc1. The fourth-order valence-electron chi connectivity index (χ4n) is 3.06. The van der Waals surface area contributed by atoms with Crippen LogP contribution in [0.5, 0.6) is 0 Å². The van der Waals surface area contributed by atoms with Gasteiger partial charge in [-0.05, 0) is 36.3 Å². The van der Waals surface area contributed by atoms with E-state index in [1.807, 2.05) is 0 Å². The Morgan fingerprint density at radius 3 is 2.39 bits per heavy atom. The molecular weight excluding hydrogens is 218 g/mol. The molecule has 1 heteroatoms. The predicted molar refractivity (Wildman–Crippen MR) is 78.6 cm³/mol. The third-order valence-corrected chi connectivity index (χ3v) is 4.43. The zero-order chi connectivity index (χ0) is 12.8. The summed E-state index contributed by atoms with van der Waals surface area (Å²) in [4.78, 5) is 0. The van der Waals surface area contributed by atoms with Gasteiger partial charge in [-0.3, -0.25) is 0 Å². The molecular formula is C17H27N. The van der Waals surface area contributed by atoms with Gasteiger partial charge in [0, 0.05) is 6.04 Å². The Hall–Kier alpha value is -0.820. The smallest absolute Gasteiger partial charge is 0.0294 e. The van der Waals surface area contributed by atoms with E-state index in [4.69, 9.17) is 5.73 Å². The monoisotopic (exact) mass is 245 g/mol. The molecule has 0 heterocycles. The van der Waals surface area contributed by atoms with Crippen molar-refractivity contribution in [2.45, 2.75) is 64.3 Å². The Labute approximate surface area is 112 Å². The summed E-state index contributed by atoms with van der Waals surface area (Å²) in [6.07, 6.45) is 10.8. The van der Waals surface area contributed by atoms with E-state index < -0.39 is 0 Å². The molecule has 1 aromatic rings. The van der Waals surface area contributed by atoms with Crippen LogP contribution in [0.2, 0.25) is 0 Å². The fourth-order valence-corrected chi connectivity index (χ4v) is 3.06. The van der Waals surface area contributed by atoms with E-state index in [0.717, 1.165) is 18.8 Å². The predicted octanol–water partition coefficient (Wildman–Crippen LogP) is 4.61. The summed E-state index contributed by atoms with van der Waals surface area (Å²) in [6, 6.07) is 9.10. The van der Waals surface area contributed by atoms with Crippen LogP contribution in [0.3, 0.4) is 0 Å². The molecule has 2 rings (SSSR count). The maximum absolute atomic E-state index is 6.30. The first-order chi connectivity index (χ1) is 8.79. The van der Waals surface area contributed by atoms with Crippen LogP contribution in [0.15, 0.2) is 24.3 Å². The van der Waals surface area contributed by atoms with Crippen LogP contribution in [0, 0.1) is 5.92 Å². The Morgan fingerprint density at radius 2 is 1.78 bits per heavy atom. The zero-order valence-electron chi connectivity index (χ0n) is 11.7. The van der Waals surface area contributed by atoms with Gasteiger partial charge in [0.15, 0.2) is 0 Å². The van der Waals surface area contributed by atoms with E-state index in [1.165, 1.54) is 49.7 Å². The highest BCUT2D eigenvalue weighted by atomic mass is 14.6. The van der Waals surface area contributed by atoms with Crippen molar-refractivity contribution in [1.82, 2.24) is 0 Å². The van der Waals surface area contributed by atoms with Crippen LogP contribution in [-0.2, 0) is 6.42 Å². The quantitative estimate of drug-likeness (QED) is 0.805. The maximum Gasteiger partial charge on any atom is 0.0294 e. The van der Waals surface area contributed by atoms with Crippen molar-refractivity contribution in [3.63, 3.8) is 0 Å². The minimum Gasteiger partial charge on any atom is -0.324 e. The summed E-state index contributed by atoms with van der Waals surface area (Å²) < 4.78 is 0. The van der Waals surface area contributed by atoms with Crippen molar-refractivity contribution in [1.29, 1.82) is 0 Å². The second-order valence-corrected chi connectivity index (χ2v) is 5.78. The lowest BCUT2D eigenvalue weighted by Gasteiger charge is -2.23. The van der Waals surface area contributed by atoms with E-state index in [1.54, 1.807) is 0 Å². The number of hydrogen-bond donors (Lipinski definition) is 1. The Balaban J connectivity index is 1.80. The Bertz CT molecular complexity index is 335. The third kappa shape index (κ3) is 3.84. The molecule has 1 aromatic carbocycles. The van der Waals surface area contributed by atoms with Gasteiger partial charge >= 0.3 is 0 Å². The van der Waals surface area contributed by atoms with Gasteiger partial charge in [-0.2, -0.15) is 0 Å². The standard InChI is InChI=1S/C17H27N/c1-2-14-8-11-16(12-9-14)17(18)13-10-15-6-4-3-5-7-15/h8-9,11-12,15,17H,2-7,10,13,18H2,1H3. The zero-order valence-corrected chi connectivity index (χ0v) is 11.7. The normalized spacial score (nSPS) is 18.8. The maximum atomic E-state index is 6.30. The fraction of sp³-hybridized carbons (Fsp3) is 0.647. The van der Waals surface area contributed by atoms with E-state index >= 15 is 0 Å². The number of nitrogens with two attached hydrogens (primary N) is 1. The van der Waals surface area contributed by atoms with Crippen LogP contribution < -0.4 is 5.73 Å². The summed E-state index contributed by atoms with van der Waals surface area (Å²) in [5, 5.41) is 0. The topological polar surface area (TPSA) is 26.0 Å². The summed E-state index contributed by atoms with van der Waals surface area (Å²) in [5.74, 6) is 0.944. The molecule has 1 fully saturated rings. The summed E-state index contributed by atoms with van der Waals surface area (Å²) in [5.41, 5.74) is 9.01. The van der Waals surface area contributed by atoms with E-state index in [2.05, 4.69) is 31.2 Å². The molecule has 0 aromatic heterocycles. The van der Waals surface area contributed by atoms with Crippen LogP contribution in [0.4, 0.5) is 0 Å². The molecule has 18 heavy (non-hydrogen) atoms. The highest BCUT2D eigenvalue weighted by Gasteiger charge is 2.15. The van der Waals surface area contributed by atoms with Gasteiger partial charge in [0.2, 0.25) is 0 Å². The molecule has 0 spiro atoms. The van der Waals surface area contributed by atoms with Gasteiger partial charge in [0.25, 0.3) is 0 Å². The molecule has 2 N–H and O–H groups in total.